The third-order valence-corrected chi connectivity index (χ3v) is 5.84. The molecule has 1 fully saturated rings. The van der Waals surface area contributed by atoms with Crippen LogP contribution in [-0.2, 0) is 21.5 Å². The third kappa shape index (κ3) is 3.80. The Kier molecular flexibility index (Phi) is 6.00. The van der Waals surface area contributed by atoms with E-state index in [2.05, 4.69) is 15.9 Å². The summed E-state index contributed by atoms with van der Waals surface area (Å²) in [5.74, 6) is -0.440. The minimum absolute atomic E-state index is 0.0394. The van der Waals surface area contributed by atoms with Gasteiger partial charge >= 0.3 is 0 Å². The quantitative estimate of drug-likeness (QED) is 0.673. The van der Waals surface area contributed by atoms with Gasteiger partial charge in [0.1, 0.15) is 5.82 Å². The molecular formula is C20H20BrClFNO2. The molecule has 0 aromatic heterocycles. The summed E-state index contributed by atoms with van der Waals surface area (Å²) >= 11 is 9.57. The summed E-state index contributed by atoms with van der Waals surface area (Å²) in [5, 5.41) is 0.328. The first-order chi connectivity index (χ1) is 12.4. The number of nitrogens with zero attached hydrogens (tertiary/aromatic N) is 1. The first-order valence-corrected chi connectivity index (χ1v) is 9.63. The highest BCUT2D eigenvalue weighted by molar-refractivity contribution is 9.10. The van der Waals surface area contributed by atoms with Crippen LogP contribution in [0, 0.1) is 5.82 Å². The molecular weight excluding hydrogens is 421 g/mol. The highest BCUT2D eigenvalue weighted by Gasteiger charge is 2.43. The molecule has 2 aromatic carbocycles. The summed E-state index contributed by atoms with van der Waals surface area (Å²) < 4.78 is 20.6. The van der Waals surface area contributed by atoms with E-state index in [1.54, 1.807) is 24.1 Å². The number of carbonyl (C=O) groups is 1. The fourth-order valence-corrected chi connectivity index (χ4v) is 3.96. The van der Waals surface area contributed by atoms with Gasteiger partial charge in [-0.05, 0) is 42.7 Å². The number of carbonyl (C=O) groups excluding carboxylic acids is 1. The molecule has 1 heterocycles. The van der Waals surface area contributed by atoms with Gasteiger partial charge in [-0.25, -0.2) is 4.39 Å². The fraction of sp³-hybridized carbons (Fsp3) is 0.350. The summed E-state index contributed by atoms with van der Waals surface area (Å²) in [6.45, 7) is 1.18. The molecule has 0 atom stereocenters. The Bertz CT molecular complexity index is 771. The van der Waals surface area contributed by atoms with Gasteiger partial charge in [0, 0.05) is 41.9 Å². The van der Waals surface area contributed by atoms with E-state index in [1.807, 2.05) is 24.3 Å². The van der Waals surface area contributed by atoms with Crippen molar-refractivity contribution in [1.29, 1.82) is 0 Å². The van der Waals surface area contributed by atoms with Gasteiger partial charge in [0.05, 0.1) is 5.41 Å². The molecule has 6 heteroatoms. The first kappa shape index (κ1) is 19.3. The molecule has 0 aliphatic carbocycles. The second kappa shape index (κ2) is 8.07. The van der Waals surface area contributed by atoms with E-state index in [0.29, 0.717) is 36.6 Å². The highest BCUT2D eigenvalue weighted by atomic mass is 79.9. The summed E-state index contributed by atoms with van der Waals surface area (Å²) in [5.41, 5.74) is 0.634. The predicted octanol–water partition coefficient (Wildman–Crippen LogP) is 4.95. The van der Waals surface area contributed by atoms with E-state index in [0.717, 1.165) is 10.0 Å². The molecule has 0 N–H and O–H groups in total. The Hall–Kier alpha value is -1.43. The molecule has 0 radical (unpaired) electrons. The van der Waals surface area contributed by atoms with Crippen LogP contribution in [0.4, 0.5) is 4.39 Å². The summed E-state index contributed by atoms with van der Waals surface area (Å²) in [6.07, 6.45) is 1.20. The van der Waals surface area contributed by atoms with Gasteiger partial charge in [-0.3, -0.25) is 4.79 Å². The third-order valence-electron chi connectivity index (χ3n) is 4.96. The number of amides is 1. The van der Waals surface area contributed by atoms with E-state index >= 15 is 0 Å². The summed E-state index contributed by atoms with van der Waals surface area (Å²) in [4.78, 5) is 15.0. The number of hydrogen-bond acceptors (Lipinski definition) is 2. The lowest BCUT2D eigenvalue weighted by Crippen LogP contribution is -2.48. The molecule has 3 rings (SSSR count). The highest BCUT2D eigenvalue weighted by Crippen LogP contribution is 2.37. The van der Waals surface area contributed by atoms with Crippen LogP contribution in [0.5, 0.6) is 0 Å². The lowest BCUT2D eigenvalue weighted by Gasteiger charge is -2.39. The SMILES string of the molecule is CN(Cc1c(F)cccc1Cl)C(=O)C1(c2ccc(Br)cc2)CCOCC1. The molecule has 1 amide bonds. The number of benzene rings is 2. The molecule has 1 aliphatic heterocycles. The van der Waals surface area contributed by atoms with Gasteiger partial charge in [0.25, 0.3) is 0 Å². The van der Waals surface area contributed by atoms with Crippen LogP contribution >= 0.6 is 27.5 Å². The largest absolute Gasteiger partial charge is 0.381 e. The van der Waals surface area contributed by atoms with E-state index < -0.39 is 11.2 Å². The zero-order valence-electron chi connectivity index (χ0n) is 14.5. The Morgan fingerprint density at radius 2 is 1.88 bits per heavy atom. The standard InChI is InChI=1S/C20H20BrClFNO2/c1-24(13-16-17(22)3-2-4-18(16)23)19(25)20(9-11-26-12-10-20)14-5-7-15(21)8-6-14/h2-8H,9-13H2,1H3. The lowest BCUT2D eigenvalue weighted by molar-refractivity contribution is -0.140. The van der Waals surface area contributed by atoms with E-state index in [-0.39, 0.29) is 12.5 Å². The Morgan fingerprint density at radius 1 is 1.23 bits per heavy atom. The summed E-state index contributed by atoms with van der Waals surface area (Å²) in [6, 6.07) is 12.4. The molecule has 3 nitrogen and oxygen atoms in total. The van der Waals surface area contributed by atoms with Crippen molar-refractivity contribution in [3.63, 3.8) is 0 Å². The van der Waals surface area contributed by atoms with Crippen molar-refractivity contribution in [2.75, 3.05) is 20.3 Å². The van der Waals surface area contributed by atoms with Gasteiger partial charge in [-0.15, -0.1) is 0 Å². The molecule has 1 aliphatic rings. The summed E-state index contributed by atoms with van der Waals surface area (Å²) in [7, 11) is 1.70. The van der Waals surface area contributed by atoms with Crippen LogP contribution in [0.25, 0.3) is 0 Å². The van der Waals surface area contributed by atoms with Crippen molar-refractivity contribution in [3.8, 4) is 0 Å². The van der Waals surface area contributed by atoms with Crippen molar-refractivity contribution >= 4 is 33.4 Å². The molecule has 2 aromatic rings. The van der Waals surface area contributed by atoms with E-state index in [9.17, 15) is 9.18 Å². The minimum Gasteiger partial charge on any atom is -0.381 e. The molecule has 26 heavy (non-hydrogen) atoms. The minimum atomic E-state index is -0.661. The topological polar surface area (TPSA) is 29.5 Å². The molecule has 1 saturated heterocycles. The van der Waals surface area contributed by atoms with Crippen LogP contribution in [0.2, 0.25) is 5.02 Å². The lowest BCUT2D eigenvalue weighted by atomic mass is 9.73. The fourth-order valence-electron chi connectivity index (χ4n) is 3.47. The van der Waals surface area contributed by atoms with Crippen LogP contribution in [-0.4, -0.2) is 31.1 Å². The van der Waals surface area contributed by atoms with Crippen molar-refractivity contribution in [1.82, 2.24) is 4.90 Å². The maximum atomic E-state index is 14.1. The van der Waals surface area contributed by atoms with Crippen molar-refractivity contribution in [2.24, 2.45) is 0 Å². The van der Waals surface area contributed by atoms with Crippen LogP contribution < -0.4 is 0 Å². The maximum Gasteiger partial charge on any atom is 0.233 e. The zero-order valence-corrected chi connectivity index (χ0v) is 16.8. The van der Waals surface area contributed by atoms with Gasteiger partial charge in [0.2, 0.25) is 5.91 Å². The van der Waals surface area contributed by atoms with Crippen molar-refractivity contribution in [3.05, 3.63) is 68.9 Å². The monoisotopic (exact) mass is 439 g/mol. The zero-order chi connectivity index (χ0) is 18.7. The molecule has 0 unspecified atom stereocenters. The molecule has 0 saturated carbocycles. The van der Waals surface area contributed by atoms with Crippen LogP contribution in [0.1, 0.15) is 24.0 Å². The van der Waals surface area contributed by atoms with Gasteiger partial charge in [0.15, 0.2) is 0 Å². The maximum absolute atomic E-state index is 14.1. The molecule has 0 spiro atoms. The number of halogens is 3. The second-order valence-electron chi connectivity index (χ2n) is 6.56. The van der Waals surface area contributed by atoms with E-state index in [4.69, 9.17) is 16.3 Å². The Balaban J connectivity index is 1.91. The molecule has 0 bridgehead atoms. The predicted molar refractivity (Wildman–Crippen MR) is 104 cm³/mol. The smallest absolute Gasteiger partial charge is 0.233 e. The Morgan fingerprint density at radius 3 is 2.50 bits per heavy atom. The average Bonchev–Trinajstić information content (AvgIpc) is 2.65. The van der Waals surface area contributed by atoms with Crippen molar-refractivity contribution in [2.45, 2.75) is 24.8 Å². The van der Waals surface area contributed by atoms with Crippen molar-refractivity contribution < 1.29 is 13.9 Å². The Labute approximate surface area is 166 Å². The van der Waals surface area contributed by atoms with Gasteiger partial charge < -0.3 is 9.64 Å². The molecule has 138 valence electrons. The van der Waals surface area contributed by atoms with E-state index in [1.165, 1.54) is 6.07 Å². The van der Waals surface area contributed by atoms with Crippen LogP contribution in [0.3, 0.4) is 0 Å². The number of rotatable bonds is 4. The first-order valence-electron chi connectivity index (χ1n) is 8.46. The normalized spacial score (nSPS) is 16.3. The number of ether oxygens (including phenoxy) is 1. The average molecular weight is 441 g/mol. The second-order valence-corrected chi connectivity index (χ2v) is 7.89. The van der Waals surface area contributed by atoms with Gasteiger partial charge in [-0.1, -0.05) is 45.7 Å². The number of likely N-dealkylation sites (N-methyl/N-ethyl adjacent to an activating group) is 1. The van der Waals surface area contributed by atoms with Gasteiger partial charge in [-0.2, -0.15) is 0 Å². The number of hydrogen-bond donors (Lipinski definition) is 0. The van der Waals surface area contributed by atoms with Crippen LogP contribution in [0.15, 0.2) is 46.9 Å².